The Labute approximate surface area is 196 Å². The van der Waals surface area contributed by atoms with Gasteiger partial charge in [-0.3, -0.25) is 9.36 Å². The molecular weight excluding hydrogens is 404 g/mol. The van der Waals surface area contributed by atoms with Crippen LogP contribution in [0.4, 0.5) is 0 Å². The molecule has 0 aliphatic heterocycles. The molecule has 0 aliphatic rings. The van der Waals surface area contributed by atoms with Gasteiger partial charge in [0, 0.05) is 18.4 Å². The molecule has 168 valence electrons. The highest BCUT2D eigenvalue weighted by Gasteiger charge is 2.16. The van der Waals surface area contributed by atoms with E-state index in [0.29, 0.717) is 13.0 Å². The second kappa shape index (κ2) is 10.9. The number of aromatic nitrogens is 2. The maximum absolute atomic E-state index is 13.8. The van der Waals surface area contributed by atoms with Gasteiger partial charge in [0.25, 0.3) is 5.56 Å². The van der Waals surface area contributed by atoms with Gasteiger partial charge in [0.2, 0.25) is 0 Å². The molecule has 1 heterocycles. The lowest BCUT2D eigenvalue weighted by Gasteiger charge is -2.17. The van der Waals surface area contributed by atoms with Gasteiger partial charge in [-0.2, -0.15) is 0 Å². The van der Waals surface area contributed by atoms with E-state index in [1.165, 1.54) is 11.1 Å². The largest absolute Gasteiger partial charge is 0.292 e. The molecule has 1 aromatic heterocycles. The van der Waals surface area contributed by atoms with Crippen LogP contribution in [0.15, 0.2) is 89.7 Å². The molecule has 0 saturated heterocycles. The summed E-state index contributed by atoms with van der Waals surface area (Å²) in [6.07, 6.45) is 4.33. The van der Waals surface area contributed by atoms with E-state index < -0.39 is 0 Å². The van der Waals surface area contributed by atoms with Gasteiger partial charge in [-0.05, 0) is 35.1 Å². The average Bonchev–Trinajstić information content (AvgIpc) is 2.87. The Morgan fingerprint density at radius 1 is 0.758 bits per heavy atom. The number of unbranched alkanes of at least 4 members (excludes halogenated alkanes) is 1. The molecule has 0 unspecified atom stereocenters. The van der Waals surface area contributed by atoms with Crippen LogP contribution in [-0.2, 0) is 25.8 Å². The fourth-order valence-electron chi connectivity index (χ4n) is 4.26. The van der Waals surface area contributed by atoms with E-state index in [0.717, 1.165) is 53.9 Å². The van der Waals surface area contributed by atoms with Crippen LogP contribution in [-0.4, -0.2) is 9.55 Å². The Morgan fingerprint density at radius 3 is 2.03 bits per heavy atom. The first-order valence-electron chi connectivity index (χ1n) is 12.0. The number of benzene rings is 3. The lowest BCUT2D eigenvalue weighted by molar-refractivity contribution is 0.642. The highest BCUT2D eigenvalue weighted by molar-refractivity contribution is 5.63. The zero-order chi connectivity index (χ0) is 23.0. The molecule has 0 bridgehead atoms. The van der Waals surface area contributed by atoms with Gasteiger partial charge in [0.15, 0.2) is 0 Å². The van der Waals surface area contributed by atoms with Gasteiger partial charge in [-0.25, -0.2) is 4.98 Å². The highest BCUT2D eigenvalue weighted by atomic mass is 16.1. The number of hydrogen-bond donors (Lipinski definition) is 0. The fraction of sp³-hybridized carbons (Fsp3) is 0.267. The Balaban J connectivity index is 1.70. The molecule has 33 heavy (non-hydrogen) atoms. The SMILES string of the molecule is CCCCc1nc(CC)n(Cc2ccccc2)c(=O)c1Cc1ccc(-c2ccccc2)cc1. The average molecular weight is 437 g/mol. The summed E-state index contributed by atoms with van der Waals surface area (Å²) >= 11 is 0. The summed E-state index contributed by atoms with van der Waals surface area (Å²) in [5.41, 5.74) is 6.55. The summed E-state index contributed by atoms with van der Waals surface area (Å²) in [7, 11) is 0. The summed E-state index contributed by atoms with van der Waals surface area (Å²) in [6, 6.07) is 29.1. The molecule has 0 saturated carbocycles. The minimum atomic E-state index is 0.101. The predicted molar refractivity (Wildman–Crippen MR) is 137 cm³/mol. The van der Waals surface area contributed by atoms with E-state index >= 15 is 0 Å². The summed E-state index contributed by atoms with van der Waals surface area (Å²) in [4.78, 5) is 18.8. The van der Waals surface area contributed by atoms with Gasteiger partial charge < -0.3 is 0 Å². The minimum absolute atomic E-state index is 0.101. The number of hydrogen-bond acceptors (Lipinski definition) is 2. The summed E-state index contributed by atoms with van der Waals surface area (Å²) < 4.78 is 1.87. The third kappa shape index (κ3) is 5.48. The monoisotopic (exact) mass is 436 g/mol. The molecule has 0 fully saturated rings. The van der Waals surface area contributed by atoms with Gasteiger partial charge in [0.05, 0.1) is 12.2 Å². The van der Waals surface area contributed by atoms with Gasteiger partial charge >= 0.3 is 0 Å². The highest BCUT2D eigenvalue weighted by Crippen LogP contribution is 2.21. The third-order valence-corrected chi connectivity index (χ3v) is 6.14. The van der Waals surface area contributed by atoms with Crippen LogP contribution in [0.25, 0.3) is 11.1 Å². The van der Waals surface area contributed by atoms with Crippen molar-refractivity contribution in [1.82, 2.24) is 9.55 Å². The number of nitrogens with zero attached hydrogens (tertiary/aromatic N) is 2. The van der Waals surface area contributed by atoms with Crippen molar-refractivity contribution >= 4 is 0 Å². The van der Waals surface area contributed by atoms with Crippen LogP contribution < -0.4 is 5.56 Å². The third-order valence-electron chi connectivity index (χ3n) is 6.14. The Kier molecular flexibility index (Phi) is 7.51. The van der Waals surface area contributed by atoms with Gasteiger partial charge in [0.1, 0.15) is 5.82 Å². The second-order valence-corrected chi connectivity index (χ2v) is 8.53. The van der Waals surface area contributed by atoms with Crippen molar-refractivity contribution in [3.8, 4) is 11.1 Å². The van der Waals surface area contributed by atoms with Crippen LogP contribution in [0.1, 0.15) is 54.9 Å². The Bertz CT molecular complexity index is 1230. The molecule has 0 amide bonds. The summed E-state index contributed by atoms with van der Waals surface area (Å²) in [5.74, 6) is 0.873. The Morgan fingerprint density at radius 2 is 1.39 bits per heavy atom. The van der Waals surface area contributed by atoms with Crippen molar-refractivity contribution in [3.05, 3.63) is 123 Å². The van der Waals surface area contributed by atoms with E-state index in [4.69, 9.17) is 4.98 Å². The van der Waals surface area contributed by atoms with Crippen molar-refractivity contribution in [2.24, 2.45) is 0 Å². The van der Waals surface area contributed by atoms with E-state index in [9.17, 15) is 4.79 Å². The quantitative estimate of drug-likeness (QED) is 0.302. The summed E-state index contributed by atoms with van der Waals surface area (Å²) in [6.45, 7) is 4.82. The first-order chi connectivity index (χ1) is 16.2. The van der Waals surface area contributed by atoms with E-state index in [-0.39, 0.29) is 5.56 Å². The molecule has 0 N–H and O–H groups in total. The van der Waals surface area contributed by atoms with E-state index in [1.807, 2.05) is 28.8 Å². The van der Waals surface area contributed by atoms with Crippen molar-refractivity contribution in [3.63, 3.8) is 0 Å². The molecule has 3 nitrogen and oxygen atoms in total. The van der Waals surface area contributed by atoms with Crippen LogP contribution in [0.5, 0.6) is 0 Å². The Hall–Kier alpha value is -3.46. The maximum atomic E-state index is 13.8. The lowest BCUT2D eigenvalue weighted by Crippen LogP contribution is -2.31. The molecule has 4 rings (SSSR count). The van der Waals surface area contributed by atoms with Crippen LogP contribution in [0.3, 0.4) is 0 Å². The molecule has 0 spiro atoms. The van der Waals surface area contributed by atoms with E-state index in [2.05, 4.69) is 74.5 Å². The first kappa shape index (κ1) is 22.7. The van der Waals surface area contributed by atoms with Crippen LogP contribution in [0.2, 0.25) is 0 Å². The van der Waals surface area contributed by atoms with Crippen LogP contribution in [0, 0.1) is 0 Å². The predicted octanol–water partition coefficient (Wildman–Crippen LogP) is 6.45. The molecule has 4 aromatic rings. The maximum Gasteiger partial charge on any atom is 0.257 e. The van der Waals surface area contributed by atoms with Crippen molar-refractivity contribution in [1.29, 1.82) is 0 Å². The molecule has 0 aliphatic carbocycles. The van der Waals surface area contributed by atoms with Gasteiger partial charge in [-0.15, -0.1) is 0 Å². The number of aryl methyl sites for hydroxylation is 2. The standard InChI is InChI=1S/C30H32N2O/c1-3-5-16-28-27(21-23-17-19-26(20-18-23)25-14-10-7-11-15-25)30(33)32(29(4-2)31-28)22-24-12-8-6-9-13-24/h6-15,17-20H,3-5,16,21-22H2,1-2H3. The van der Waals surface area contributed by atoms with E-state index in [1.54, 1.807) is 0 Å². The zero-order valence-electron chi connectivity index (χ0n) is 19.6. The fourth-order valence-corrected chi connectivity index (χ4v) is 4.26. The summed E-state index contributed by atoms with van der Waals surface area (Å²) in [5, 5.41) is 0. The lowest BCUT2D eigenvalue weighted by atomic mass is 9.98. The zero-order valence-corrected chi connectivity index (χ0v) is 19.6. The normalized spacial score (nSPS) is 11.0. The smallest absolute Gasteiger partial charge is 0.257 e. The number of rotatable bonds is 9. The molecule has 0 radical (unpaired) electrons. The van der Waals surface area contributed by atoms with Crippen molar-refractivity contribution in [2.75, 3.05) is 0 Å². The molecule has 3 heteroatoms. The van der Waals surface area contributed by atoms with Crippen LogP contribution >= 0.6 is 0 Å². The van der Waals surface area contributed by atoms with Crippen molar-refractivity contribution in [2.45, 2.75) is 52.5 Å². The molecular formula is C30H32N2O. The second-order valence-electron chi connectivity index (χ2n) is 8.53. The van der Waals surface area contributed by atoms with Crippen molar-refractivity contribution < 1.29 is 0 Å². The first-order valence-corrected chi connectivity index (χ1v) is 12.0. The molecule has 0 atom stereocenters. The minimum Gasteiger partial charge on any atom is -0.292 e. The van der Waals surface area contributed by atoms with Gasteiger partial charge in [-0.1, -0.05) is 105 Å². The molecule has 3 aromatic carbocycles. The topological polar surface area (TPSA) is 34.9 Å².